The van der Waals surface area contributed by atoms with Gasteiger partial charge in [0, 0.05) is 11.7 Å². The first kappa shape index (κ1) is 16.4. The van der Waals surface area contributed by atoms with Crippen LogP contribution in [-0.4, -0.2) is 21.9 Å². The van der Waals surface area contributed by atoms with Crippen LogP contribution < -0.4 is 10.6 Å². The number of rotatable bonds is 4. The summed E-state index contributed by atoms with van der Waals surface area (Å²) in [7, 11) is 0. The van der Waals surface area contributed by atoms with E-state index in [9.17, 15) is 4.79 Å². The number of benzene rings is 1. The minimum atomic E-state index is -0.236. The molecule has 1 fully saturated rings. The quantitative estimate of drug-likeness (QED) is 0.889. The molecule has 1 amide bonds. The number of amides is 1. The highest BCUT2D eigenvalue weighted by atomic mass is 16.1. The second-order valence-corrected chi connectivity index (χ2v) is 6.47. The molecular weight excluding hydrogens is 300 g/mol. The van der Waals surface area contributed by atoms with Crippen LogP contribution in [0.5, 0.6) is 0 Å². The Morgan fingerprint density at radius 2 is 1.88 bits per heavy atom. The fourth-order valence-corrected chi connectivity index (χ4v) is 3.05. The molecule has 1 aliphatic carbocycles. The van der Waals surface area contributed by atoms with E-state index in [1.165, 1.54) is 38.3 Å². The number of carbonyl (C=O) groups is 1. The van der Waals surface area contributed by atoms with Gasteiger partial charge in [0.25, 0.3) is 5.91 Å². The lowest BCUT2D eigenvalue weighted by Gasteiger charge is -2.23. The molecule has 1 aliphatic rings. The molecule has 0 unspecified atom stereocenters. The zero-order valence-electron chi connectivity index (χ0n) is 14.3. The number of hydrogen-bond donors (Lipinski definition) is 2. The molecule has 5 nitrogen and oxygen atoms in total. The van der Waals surface area contributed by atoms with E-state index in [0.717, 1.165) is 22.6 Å². The van der Waals surface area contributed by atoms with Gasteiger partial charge in [-0.15, -0.1) is 0 Å². The molecule has 5 heteroatoms. The monoisotopic (exact) mass is 324 g/mol. The smallest absolute Gasteiger partial charge is 0.275 e. The maximum Gasteiger partial charge on any atom is 0.275 e. The van der Waals surface area contributed by atoms with Crippen molar-refractivity contribution >= 4 is 17.4 Å². The topological polar surface area (TPSA) is 66.9 Å². The summed E-state index contributed by atoms with van der Waals surface area (Å²) in [5, 5.41) is 6.31. The van der Waals surface area contributed by atoms with Crippen LogP contribution in [0.4, 0.5) is 11.5 Å². The second-order valence-electron chi connectivity index (χ2n) is 6.47. The van der Waals surface area contributed by atoms with Crippen LogP contribution in [0.2, 0.25) is 0 Å². The van der Waals surface area contributed by atoms with Gasteiger partial charge in [-0.25, -0.2) is 9.97 Å². The first-order valence-electron chi connectivity index (χ1n) is 8.59. The number of anilines is 2. The van der Waals surface area contributed by atoms with Gasteiger partial charge in [0.2, 0.25) is 0 Å². The van der Waals surface area contributed by atoms with E-state index < -0.39 is 0 Å². The largest absolute Gasteiger partial charge is 0.366 e. The molecule has 2 N–H and O–H groups in total. The number of carbonyl (C=O) groups excluding carboxylic acids is 1. The standard InChI is InChI=1S/C19H24N4O/c1-13-7-6-10-16(14(13)2)23-19(24)17-11-21-18(12-20-17)22-15-8-4-3-5-9-15/h6-7,10-12,15H,3-5,8-9H2,1-2H3,(H,21,22)(H,23,24). The van der Waals surface area contributed by atoms with Gasteiger partial charge in [-0.3, -0.25) is 4.79 Å². The summed E-state index contributed by atoms with van der Waals surface area (Å²) in [5.41, 5.74) is 3.34. The zero-order chi connectivity index (χ0) is 16.9. The number of aryl methyl sites for hydroxylation is 1. The molecule has 0 radical (unpaired) electrons. The summed E-state index contributed by atoms with van der Waals surface area (Å²) >= 11 is 0. The van der Waals surface area contributed by atoms with Crippen LogP contribution >= 0.6 is 0 Å². The van der Waals surface area contributed by atoms with Crippen LogP contribution in [0.1, 0.15) is 53.7 Å². The first-order valence-corrected chi connectivity index (χ1v) is 8.59. The average molecular weight is 324 g/mol. The molecule has 0 atom stereocenters. The minimum absolute atomic E-state index is 0.236. The van der Waals surface area contributed by atoms with Gasteiger partial charge in [0.15, 0.2) is 0 Å². The van der Waals surface area contributed by atoms with Crippen molar-refractivity contribution in [1.29, 1.82) is 0 Å². The lowest BCUT2D eigenvalue weighted by atomic mass is 9.96. The van der Waals surface area contributed by atoms with Crippen molar-refractivity contribution in [2.45, 2.75) is 52.0 Å². The van der Waals surface area contributed by atoms with E-state index in [-0.39, 0.29) is 5.91 Å². The molecule has 0 saturated heterocycles. The average Bonchev–Trinajstić information content (AvgIpc) is 2.60. The second kappa shape index (κ2) is 7.43. The van der Waals surface area contributed by atoms with E-state index in [4.69, 9.17) is 0 Å². The molecule has 0 bridgehead atoms. The predicted octanol–water partition coefficient (Wildman–Crippen LogP) is 4.09. The molecule has 126 valence electrons. The summed E-state index contributed by atoms with van der Waals surface area (Å²) in [5.74, 6) is 0.505. The van der Waals surface area contributed by atoms with Gasteiger partial charge >= 0.3 is 0 Å². The fraction of sp³-hybridized carbons (Fsp3) is 0.421. The molecular formula is C19H24N4O. The van der Waals surface area contributed by atoms with Crippen molar-refractivity contribution in [3.63, 3.8) is 0 Å². The summed E-state index contributed by atoms with van der Waals surface area (Å²) in [6.07, 6.45) is 9.38. The number of hydrogen-bond acceptors (Lipinski definition) is 4. The Bertz CT molecular complexity index is 706. The third-order valence-corrected chi connectivity index (χ3v) is 4.69. The lowest BCUT2D eigenvalue weighted by molar-refractivity contribution is 0.102. The maximum absolute atomic E-state index is 12.3. The molecule has 2 aromatic rings. The number of aromatic nitrogens is 2. The van der Waals surface area contributed by atoms with E-state index in [2.05, 4.69) is 20.6 Å². The van der Waals surface area contributed by atoms with Crippen LogP contribution in [0.3, 0.4) is 0 Å². The molecule has 3 rings (SSSR count). The van der Waals surface area contributed by atoms with Crippen LogP contribution in [0, 0.1) is 13.8 Å². The van der Waals surface area contributed by atoms with Crippen LogP contribution in [0.15, 0.2) is 30.6 Å². The van der Waals surface area contributed by atoms with Crippen molar-refractivity contribution in [3.8, 4) is 0 Å². The van der Waals surface area contributed by atoms with Gasteiger partial charge in [0.1, 0.15) is 11.5 Å². The van der Waals surface area contributed by atoms with E-state index in [0.29, 0.717) is 11.7 Å². The third kappa shape index (κ3) is 3.91. The third-order valence-electron chi connectivity index (χ3n) is 4.69. The van der Waals surface area contributed by atoms with Gasteiger partial charge in [-0.05, 0) is 43.9 Å². The predicted molar refractivity (Wildman–Crippen MR) is 96.4 cm³/mol. The number of nitrogens with one attached hydrogen (secondary N) is 2. The molecule has 1 aromatic carbocycles. The molecule has 24 heavy (non-hydrogen) atoms. The normalized spacial score (nSPS) is 15.1. The zero-order valence-corrected chi connectivity index (χ0v) is 14.3. The molecule has 1 aromatic heterocycles. The van der Waals surface area contributed by atoms with Gasteiger partial charge in [-0.1, -0.05) is 31.4 Å². The number of nitrogens with zero attached hydrogens (tertiary/aromatic N) is 2. The SMILES string of the molecule is Cc1cccc(NC(=O)c2cnc(NC3CCCCC3)cn2)c1C. The molecule has 0 aliphatic heterocycles. The molecule has 0 spiro atoms. The van der Waals surface area contributed by atoms with Gasteiger partial charge < -0.3 is 10.6 Å². The highest BCUT2D eigenvalue weighted by Gasteiger charge is 2.15. The Balaban J connectivity index is 1.64. The maximum atomic E-state index is 12.3. The van der Waals surface area contributed by atoms with Crippen molar-refractivity contribution in [2.75, 3.05) is 10.6 Å². The summed E-state index contributed by atoms with van der Waals surface area (Å²) in [6.45, 7) is 4.02. The Hall–Kier alpha value is -2.43. The first-order chi connectivity index (χ1) is 11.6. The lowest BCUT2D eigenvalue weighted by Crippen LogP contribution is -2.23. The highest BCUT2D eigenvalue weighted by Crippen LogP contribution is 2.21. The Morgan fingerprint density at radius 3 is 2.58 bits per heavy atom. The Morgan fingerprint density at radius 1 is 1.08 bits per heavy atom. The summed E-state index contributed by atoms with van der Waals surface area (Å²) < 4.78 is 0. The van der Waals surface area contributed by atoms with Gasteiger partial charge in [0.05, 0.1) is 12.4 Å². The van der Waals surface area contributed by atoms with Crippen molar-refractivity contribution < 1.29 is 4.79 Å². The minimum Gasteiger partial charge on any atom is -0.366 e. The van der Waals surface area contributed by atoms with Crippen LogP contribution in [0.25, 0.3) is 0 Å². The highest BCUT2D eigenvalue weighted by molar-refractivity contribution is 6.03. The molecule has 1 heterocycles. The van der Waals surface area contributed by atoms with E-state index >= 15 is 0 Å². The molecule has 1 saturated carbocycles. The van der Waals surface area contributed by atoms with E-state index in [1.54, 1.807) is 6.20 Å². The van der Waals surface area contributed by atoms with Crippen molar-refractivity contribution in [1.82, 2.24) is 9.97 Å². The van der Waals surface area contributed by atoms with Crippen molar-refractivity contribution in [3.05, 3.63) is 47.4 Å². The van der Waals surface area contributed by atoms with Crippen LogP contribution in [-0.2, 0) is 0 Å². The van der Waals surface area contributed by atoms with Crippen molar-refractivity contribution in [2.24, 2.45) is 0 Å². The fourth-order valence-electron chi connectivity index (χ4n) is 3.05. The summed E-state index contributed by atoms with van der Waals surface area (Å²) in [6, 6.07) is 6.33. The Kier molecular flexibility index (Phi) is 5.08. The van der Waals surface area contributed by atoms with Gasteiger partial charge in [-0.2, -0.15) is 0 Å². The summed E-state index contributed by atoms with van der Waals surface area (Å²) in [4.78, 5) is 20.9. The van der Waals surface area contributed by atoms with E-state index in [1.807, 2.05) is 32.0 Å². The Labute approximate surface area is 142 Å².